The molecular weight excluding hydrogens is 252 g/mol. The largest absolute Gasteiger partial charge is 0.324 e. The first-order chi connectivity index (χ1) is 8.43. The minimum atomic E-state index is -3.43. The van der Waals surface area contributed by atoms with E-state index in [-0.39, 0.29) is 5.16 Å². The summed E-state index contributed by atoms with van der Waals surface area (Å²) in [5, 5.41) is 0.130. The van der Waals surface area contributed by atoms with Crippen LogP contribution in [-0.4, -0.2) is 60.4 Å². The van der Waals surface area contributed by atoms with Crippen LogP contribution in [0.3, 0.4) is 0 Å². The first kappa shape index (κ1) is 13.5. The van der Waals surface area contributed by atoms with Crippen LogP contribution in [0.5, 0.6) is 0 Å². The average molecular weight is 272 g/mol. The maximum Gasteiger partial charge on any atom is 0.277 e. The molecule has 1 aromatic rings. The number of rotatable bonds is 3. The number of hydrogen-bond donors (Lipinski definition) is 0. The maximum absolute atomic E-state index is 12.4. The van der Waals surface area contributed by atoms with Crippen LogP contribution >= 0.6 is 0 Å². The Morgan fingerprint density at radius 1 is 1.33 bits per heavy atom. The van der Waals surface area contributed by atoms with Gasteiger partial charge in [0.15, 0.2) is 0 Å². The van der Waals surface area contributed by atoms with Crippen LogP contribution in [0.1, 0.15) is 12.8 Å². The normalized spacial score (nSPS) is 19.6. The van der Waals surface area contributed by atoms with Crippen LogP contribution < -0.4 is 0 Å². The molecule has 1 saturated heterocycles. The summed E-state index contributed by atoms with van der Waals surface area (Å²) in [6.45, 7) is 1.14. The molecule has 0 unspecified atom stereocenters. The number of piperidine rings is 1. The van der Waals surface area contributed by atoms with Crippen molar-refractivity contribution in [2.75, 3.05) is 27.2 Å². The lowest BCUT2D eigenvalue weighted by atomic mass is 10.1. The second kappa shape index (κ2) is 4.99. The van der Waals surface area contributed by atoms with Gasteiger partial charge in [0.1, 0.15) is 0 Å². The predicted molar refractivity (Wildman–Crippen MR) is 68.7 cm³/mol. The van der Waals surface area contributed by atoms with Crippen LogP contribution in [0.15, 0.2) is 17.6 Å². The monoisotopic (exact) mass is 272 g/mol. The highest BCUT2D eigenvalue weighted by molar-refractivity contribution is 7.89. The lowest BCUT2D eigenvalue weighted by Crippen LogP contribution is -2.44. The Hall–Kier alpha value is -0.920. The van der Waals surface area contributed by atoms with Crippen LogP contribution in [0.2, 0.25) is 0 Å². The summed E-state index contributed by atoms with van der Waals surface area (Å²) in [6, 6.07) is 0.470. The van der Waals surface area contributed by atoms with Gasteiger partial charge in [0.25, 0.3) is 10.0 Å². The van der Waals surface area contributed by atoms with Crippen LogP contribution in [0, 0.1) is 0 Å². The molecule has 0 radical (unpaired) electrons. The molecular formula is C11H20N4O2S. The Kier molecular flexibility index (Phi) is 3.74. The van der Waals surface area contributed by atoms with E-state index < -0.39 is 10.0 Å². The quantitative estimate of drug-likeness (QED) is 0.785. The summed E-state index contributed by atoms with van der Waals surface area (Å²) in [5.74, 6) is 0. The van der Waals surface area contributed by atoms with E-state index in [1.807, 2.05) is 14.1 Å². The summed E-state index contributed by atoms with van der Waals surface area (Å²) < 4.78 is 27.8. The molecule has 2 rings (SSSR count). The third kappa shape index (κ3) is 2.43. The van der Waals surface area contributed by atoms with Crippen molar-refractivity contribution in [2.24, 2.45) is 7.05 Å². The zero-order valence-electron chi connectivity index (χ0n) is 11.1. The topological polar surface area (TPSA) is 58.4 Å². The van der Waals surface area contributed by atoms with E-state index in [4.69, 9.17) is 0 Å². The molecule has 1 fully saturated rings. The third-order valence-electron chi connectivity index (χ3n) is 3.50. The Morgan fingerprint density at radius 3 is 2.39 bits per heavy atom. The summed E-state index contributed by atoms with van der Waals surface area (Å²) in [4.78, 5) is 6.10. The van der Waals surface area contributed by atoms with Gasteiger partial charge in [-0.15, -0.1) is 0 Å². The van der Waals surface area contributed by atoms with E-state index in [9.17, 15) is 8.42 Å². The third-order valence-corrected chi connectivity index (χ3v) is 5.40. The number of aryl methyl sites for hydroxylation is 1. The lowest BCUT2D eigenvalue weighted by Gasteiger charge is -2.34. The fourth-order valence-corrected chi connectivity index (χ4v) is 3.86. The molecule has 0 bridgehead atoms. The second-order valence-corrected chi connectivity index (χ2v) is 6.75. The number of imidazole rings is 1. The molecule has 0 atom stereocenters. The average Bonchev–Trinajstić information content (AvgIpc) is 2.76. The van der Waals surface area contributed by atoms with Gasteiger partial charge in [-0.1, -0.05) is 0 Å². The van der Waals surface area contributed by atoms with Crippen molar-refractivity contribution in [3.8, 4) is 0 Å². The molecule has 0 saturated carbocycles. The molecule has 0 aromatic carbocycles. The summed E-state index contributed by atoms with van der Waals surface area (Å²) in [5.41, 5.74) is 0. The van der Waals surface area contributed by atoms with Gasteiger partial charge in [0, 0.05) is 38.6 Å². The standard InChI is InChI=1S/C11H20N4O2S/c1-13(2)10-4-7-15(8-5-10)18(16,17)11-12-6-9-14(11)3/h6,9-10H,4-5,7-8H2,1-3H3. The Balaban J connectivity index is 2.12. The van der Waals surface area contributed by atoms with Gasteiger partial charge in [-0.3, -0.25) is 0 Å². The number of nitrogens with zero attached hydrogens (tertiary/aromatic N) is 4. The molecule has 1 aliphatic rings. The van der Waals surface area contributed by atoms with Gasteiger partial charge in [-0.2, -0.15) is 4.31 Å². The van der Waals surface area contributed by atoms with Gasteiger partial charge in [0.2, 0.25) is 5.16 Å². The first-order valence-corrected chi connectivity index (χ1v) is 7.51. The number of sulfonamides is 1. The minimum absolute atomic E-state index is 0.130. The Labute approximate surface area is 108 Å². The molecule has 102 valence electrons. The van der Waals surface area contributed by atoms with Gasteiger partial charge < -0.3 is 9.47 Å². The second-order valence-electron chi connectivity index (χ2n) is 4.92. The lowest BCUT2D eigenvalue weighted by molar-refractivity contribution is 0.196. The zero-order chi connectivity index (χ0) is 13.3. The van der Waals surface area contributed by atoms with E-state index in [2.05, 4.69) is 9.88 Å². The summed E-state index contributed by atoms with van der Waals surface area (Å²) in [7, 11) is 2.34. The molecule has 6 nitrogen and oxygen atoms in total. The van der Waals surface area contributed by atoms with Crippen LogP contribution in [-0.2, 0) is 17.1 Å². The molecule has 1 aliphatic heterocycles. The van der Waals surface area contributed by atoms with E-state index in [0.29, 0.717) is 19.1 Å². The molecule has 1 aromatic heterocycles. The Morgan fingerprint density at radius 2 is 1.94 bits per heavy atom. The fraction of sp³-hybridized carbons (Fsp3) is 0.727. The van der Waals surface area contributed by atoms with Gasteiger partial charge in [-0.25, -0.2) is 13.4 Å². The Bertz CT molecular complexity index is 501. The maximum atomic E-state index is 12.4. The number of hydrogen-bond acceptors (Lipinski definition) is 4. The van der Waals surface area contributed by atoms with Gasteiger partial charge in [-0.05, 0) is 26.9 Å². The molecule has 0 N–H and O–H groups in total. The van der Waals surface area contributed by atoms with Crippen molar-refractivity contribution < 1.29 is 8.42 Å². The highest BCUT2D eigenvalue weighted by Crippen LogP contribution is 2.20. The predicted octanol–water partition coefficient (Wildman–Crippen LogP) is 0.135. The van der Waals surface area contributed by atoms with Crippen molar-refractivity contribution in [1.29, 1.82) is 0 Å². The molecule has 7 heteroatoms. The molecule has 0 spiro atoms. The van der Waals surface area contributed by atoms with E-state index >= 15 is 0 Å². The van der Waals surface area contributed by atoms with Crippen molar-refractivity contribution in [2.45, 2.75) is 24.0 Å². The van der Waals surface area contributed by atoms with Crippen molar-refractivity contribution >= 4 is 10.0 Å². The molecule has 18 heavy (non-hydrogen) atoms. The fourth-order valence-electron chi connectivity index (χ4n) is 2.31. The summed E-state index contributed by atoms with van der Waals surface area (Å²) >= 11 is 0. The molecule has 2 heterocycles. The molecule has 0 amide bonds. The van der Waals surface area contributed by atoms with Crippen molar-refractivity contribution in [1.82, 2.24) is 18.8 Å². The van der Waals surface area contributed by atoms with Crippen LogP contribution in [0.25, 0.3) is 0 Å². The SMILES string of the molecule is CN(C)C1CCN(S(=O)(=O)c2nccn2C)CC1. The first-order valence-electron chi connectivity index (χ1n) is 6.07. The van der Waals surface area contributed by atoms with Gasteiger partial charge >= 0.3 is 0 Å². The molecule has 0 aliphatic carbocycles. The summed E-state index contributed by atoms with van der Waals surface area (Å²) in [6.07, 6.45) is 4.91. The smallest absolute Gasteiger partial charge is 0.277 e. The minimum Gasteiger partial charge on any atom is -0.324 e. The van der Waals surface area contributed by atoms with E-state index in [1.54, 1.807) is 17.8 Å². The van der Waals surface area contributed by atoms with E-state index in [1.165, 1.54) is 10.5 Å². The highest BCUT2D eigenvalue weighted by atomic mass is 32.2. The zero-order valence-corrected chi connectivity index (χ0v) is 11.9. The van der Waals surface area contributed by atoms with Crippen molar-refractivity contribution in [3.05, 3.63) is 12.4 Å². The van der Waals surface area contributed by atoms with E-state index in [0.717, 1.165) is 12.8 Å². The van der Waals surface area contributed by atoms with Gasteiger partial charge in [0.05, 0.1) is 0 Å². The number of aromatic nitrogens is 2. The van der Waals surface area contributed by atoms with Crippen LogP contribution in [0.4, 0.5) is 0 Å². The van der Waals surface area contributed by atoms with Crippen molar-refractivity contribution in [3.63, 3.8) is 0 Å². The highest BCUT2D eigenvalue weighted by Gasteiger charge is 2.32.